The molecule has 1 aliphatic rings. The Balaban J connectivity index is 1.71. The van der Waals surface area contributed by atoms with E-state index in [0.717, 1.165) is 26.3 Å². The lowest BCUT2D eigenvalue weighted by Gasteiger charge is -2.18. The topological polar surface area (TPSA) is 73.2 Å². The smallest absolute Gasteiger partial charge is 0.269 e. The maximum atomic E-state index is 13.5. The number of nitrogens with one attached hydrogen (secondary N) is 1. The van der Waals surface area contributed by atoms with Crippen LogP contribution in [0.25, 0.3) is 0 Å². The van der Waals surface area contributed by atoms with Crippen LogP contribution in [0, 0.1) is 17.1 Å². The lowest BCUT2D eigenvalue weighted by molar-refractivity contribution is -0.117. The molecule has 9 heteroatoms. The minimum Gasteiger partial charge on any atom is -0.321 e. The highest BCUT2D eigenvalue weighted by atomic mass is 79.9. The number of thioether (sulfide) groups is 1. The molecule has 3 aromatic rings. The summed E-state index contributed by atoms with van der Waals surface area (Å²) in [7, 11) is 0. The zero-order chi connectivity index (χ0) is 24.2. The zero-order valence-corrected chi connectivity index (χ0v) is 21.5. The minimum absolute atomic E-state index is 0.191. The van der Waals surface area contributed by atoms with Crippen LogP contribution in [0.1, 0.15) is 5.56 Å². The summed E-state index contributed by atoms with van der Waals surface area (Å²) in [5.74, 6) is -1.36. The van der Waals surface area contributed by atoms with Crippen molar-refractivity contribution in [2.24, 2.45) is 0 Å². The van der Waals surface area contributed by atoms with Crippen molar-refractivity contribution in [1.82, 2.24) is 0 Å². The van der Waals surface area contributed by atoms with Gasteiger partial charge in [-0.25, -0.2) is 4.39 Å². The first-order valence-corrected chi connectivity index (χ1v) is 12.5. The van der Waals surface area contributed by atoms with E-state index < -0.39 is 17.0 Å². The molecule has 170 valence electrons. The fraction of sp³-hybridized carbons (Fsp3) is 0.0800. The maximum absolute atomic E-state index is 13.5. The van der Waals surface area contributed by atoms with E-state index in [-0.39, 0.29) is 16.5 Å². The summed E-state index contributed by atoms with van der Waals surface area (Å²) < 4.78 is 15.3. The van der Waals surface area contributed by atoms with Crippen molar-refractivity contribution in [2.75, 3.05) is 10.2 Å². The largest absolute Gasteiger partial charge is 0.321 e. The average Bonchev–Trinajstić information content (AvgIpc) is 3.13. The average molecular weight is 601 g/mol. The number of benzene rings is 3. The summed E-state index contributed by atoms with van der Waals surface area (Å²) >= 11 is 7.90. The van der Waals surface area contributed by atoms with Gasteiger partial charge in [0, 0.05) is 20.3 Å². The second-order valence-electron chi connectivity index (χ2n) is 7.34. The molecule has 3 aromatic carbocycles. The van der Waals surface area contributed by atoms with Gasteiger partial charge >= 0.3 is 0 Å². The molecule has 34 heavy (non-hydrogen) atoms. The Morgan fingerprint density at radius 1 is 1.00 bits per heavy atom. The van der Waals surface area contributed by atoms with Crippen LogP contribution in [-0.4, -0.2) is 17.1 Å². The highest BCUT2D eigenvalue weighted by Crippen LogP contribution is 2.42. The number of carbonyl (C=O) groups is 2. The SMILES string of the molecule is N#C/C(C(=O)Nc1ccc(Br)cc1)=C1/S[C@@H](Cc2ccc(Br)cc2)C(=O)N1c1ccc(F)cc1. The number of halogens is 3. The van der Waals surface area contributed by atoms with Gasteiger partial charge < -0.3 is 5.32 Å². The summed E-state index contributed by atoms with van der Waals surface area (Å²) in [6.07, 6.45) is 0.408. The number of rotatable bonds is 5. The molecule has 0 radical (unpaired) electrons. The van der Waals surface area contributed by atoms with E-state index in [0.29, 0.717) is 17.8 Å². The minimum atomic E-state index is -0.628. The molecule has 0 saturated carbocycles. The lowest BCUT2D eigenvalue weighted by Crippen LogP contribution is -2.30. The molecule has 0 unspecified atom stereocenters. The third-order valence-electron chi connectivity index (χ3n) is 5.03. The van der Waals surface area contributed by atoms with Crippen molar-refractivity contribution in [3.05, 3.63) is 104 Å². The molecule has 0 bridgehead atoms. The monoisotopic (exact) mass is 599 g/mol. The van der Waals surface area contributed by atoms with Crippen molar-refractivity contribution >= 4 is 66.8 Å². The third-order valence-corrected chi connectivity index (χ3v) is 7.35. The van der Waals surface area contributed by atoms with E-state index in [1.54, 1.807) is 24.3 Å². The summed E-state index contributed by atoms with van der Waals surface area (Å²) in [5.41, 5.74) is 1.64. The molecule has 1 saturated heterocycles. The molecule has 0 aliphatic carbocycles. The molecule has 0 aromatic heterocycles. The van der Waals surface area contributed by atoms with Crippen molar-refractivity contribution in [3.63, 3.8) is 0 Å². The summed E-state index contributed by atoms with van der Waals surface area (Å²) in [5, 5.41) is 12.3. The number of amides is 2. The Morgan fingerprint density at radius 3 is 2.18 bits per heavy atom. The normalized spacial score (nSPS) is 16.8. The van der Waals surface area contributed by atoms with Crippen molar-refractivity contribution in [1.29, 1.82) is 5.26 Å². The second-order valence-corrected chi connectivity index (χ2v) is 10.4. The first-order valence-electron chi connectivity index (χ1n) is 10.1. The van der Waals surface area contributed by atoms with E-state index in [4.69, 9.17) is 0 Å². The van der Waals surface area contributed by atoms with E-state index in [1.807, 2.05) is 30.3 Å². The van der Waals surface area contributed by atoms with E-state index in [1.165, 1.54) is 29.2 Å². The molecule has 4 rings (SSSR count). The Bertz CT molecular complexity index is 1300. The molecule has 1 atom stereocenters. The van der Waals surface area contributed by atoms with Gasteiger partial charge in [0.15, 0.2) is 0 Å². The maximum Gasteiger partial charge on any atom is 0.269 e. The number of nitriles is 1. The Hall–Kier alpha value is -2.93. The molecular formula is C25H16Br2FN3O2S. The third kappa shape index (κ3) is 5.41. The first kappa shape index (κ1) is 24.2. The molecule has 2 amide bonds. The van der Waals surface area contributed by atoms with Gasteiger partial charge in [-0.05, 0) is 72.6 Å². The number of carbonyl (C=O) groups excluding carboxylic acids is 2. The van der Waals surface area contributed by atoms with Crippen LogP contribution in [0.4, 0.5) is 15.8 Å². The molecule has 1 aliphatic heterocycles. The van der Waals surface area contributed by atoms with Crippen molar-refractivity contribution in [3.8, 4) is 6.07 Å². The lowest BCUT2D eigenvalue weighted by atomic mass is 10.1. The molecule has 1 fully saturated rings. The fourth-order valence-electron chi connectivity index (χ4n) is 3.37. The van der Waals surface area contributed by atoms with Crippen molar-refractivity contribution < 1.29 is 14.0 Å². The van der Waals surface area contributed by atoms with Crippen molar-refractivity contribution in [2.45, 2.75) is 11.7 Å². The van der Waals surface area contributed by atoms with Crippen LogP contribution in [0.5, 0.6) is 0 Å². The van der Waals surface area contributed by atoms with Crippen LogP contribution >= 0.6 is 43.6 Å². The Labute approximate surface area is 216 Å². The standard InChI is InChI=1S/C25H16Br2FN3O2S/c26-16-3-1-15(2-4-16)13-22-24(33)31(20-11-7-18(28)8-12-20)25(34-22)21(14-29)23(32)30-19-9-5-17(27)6-10-19/h1-12,22H,13H2,(H,30,32)/b25-21-/t22-/m0/s1. The molecule has 5 nitrogen and oxygen atoms in total. The summed E-state index contributed by atoms with van der Waals surface area (Å²) in [4.78, 5) is 27.8. The Morgan fingerprint density at radius 2 is 1.59 bits per heavy atom. The molecule has 1 heterocycles. The van der Waals surface area contributed by atoms with Gasteiger partial charge in [0.2, 0.25) is 5.91 Å². The summed E-state index contributed by atoms with van der Waals surface area (Å²) in [6, 6.07) is 21.9. The highest BCUT2D eigenvalue weighted by Gasteiger charge is 2.40. The van der Waals surface area contributed by atoms with Gasteiger partial charge in [-0.15, -0.1) is 0 Å². The van der Waals surface area contributed by atoms with Gasteiger partial charge in [-0.3, -0.25) is 14.5 Å². The van der Waals surface area contributed by atoms with E-state index >= 15 is 0 Å². The van der Waals surface area contributed by atoms with Crippen LogP contribution in [0.2, 0.25) is 0 Å². The number of nitrogens with zero attached hydrogens (tertiary/aromatic N) is 2. The molecule has 1 N–H and O–H groups in total. The fourth-order valence-corrected chi connectivity index (χ4v) is 5.21. The van der Waals surface area contributed by atoms with Gasteiger partial charge in [-0.2, -0.15) is 5.26 Å². The van der Waals surface area contributed by atoms with E-state index in [2.05, 4.69) is 37.2 Å². The van der Waals surface area contributed by atoms with Gasteiger partial charge in [0.1, 0.15) is 22.5 Å². The number of anilines is 2. The van der Waals surface area contributed by atoms with Crippen LogP contribution in [0.3, 0.4) is 0 Å². The van der Waals surface area contributed by atoms with Gasteiger partial charge in [0.05, 0.1) is 5.25 Å². The quantitative estimate of drug-likeness (QED) is 0.271. The number of hydrogen-bond acceptors (Lipinski definition) is 4. The van der Waals surface area contributed by atoms with Crippen LogP contribution < -0.4 is 10.2 Å². The Kier molecular flexibility index (Phi) is 7.51. The second kappa shape index (κ2) is 10.6. The first-order chi connectivity index (χ1) is 16.4. The number of hydrogen-bond donors (Lipinski definition) is 1. The van der Waals surface area contributed by atoms with Crippen LogP contribution in [-0.2, 0) is 16.0 Å². The van der Waals surface area contributed by atoms with E-state index in [9.17, 15) is 19.2 Å². The zero-order valence-electron chi connectivity index (χ0n) is 17.5. The van der Waals surface area contributed by atoms with Gasteiger partial charge in [-0.1, -0.05) is 55.8 Å². The predicted molar refractivity (Wildman–Crippen MR) is 139 cm³/mol. The highest BCUT2D eigenvalue weighted by molar-refractivity contribution is 9.10. The van der Waals surface area contributed by atoms with Gasteiger partial charge in [0.25, 0.3) is 5.91 Å². The van der Waals surface area contributed by atoms with Crippen LogP contribution in [0.15, 0.2) is 92.3 Å². The predicted octanol–water partition coefficient (Wildman–Crippen LogP) is 6.42. The summed E-state index contributed by atoms with van der Waals surface area (Å²) in [6.45, 7) is 0. The molecule has 0 spiro atoms. The molecular weight excluding hydrogens is 585 g/mol.